The van der Waals surface area contributed by atoms with E-state index in [4.69, 9.17) is 4.74 Å². The van der Waals surface area contributed by atoms with Gasteiger partial charge in [-0.2, -0.15) is 0 Å². The van der Waals surface area contributed by atoms with Crippen LogP contribution in [0.3, 0.4) is 0 Å². The Balaban J connectivity index is 1.71. The first kappa shape index (κ1) is 17.8. The highest BCUT2D eigenvalue weighted by Crippen LogP contribution is 2.16. The van der Waals surface area contributed by atoms with Gasteiger partial charge in [0.1, 0.15) is 5.60 Å². The van der Waals surface area contributed by atoms with Crippen LogP contribution < -0.4 is 5.32 Å². The van der Waals surface area contributed by atoms with Crippen LogP contribution in [0.4, 0.5) is 4.79 Å². The van der Waals surface area contributed by atoms with Crippen molar-refractivity contribution in [3.63, 3.8) is 0 Å². The van der Waals surface area contributed by atoms with Gasteiger partial charge in [-0.3, -0.25) is 0 Å². The third kappa shape index (κ3) is 5.84. The Hall–Kier alpha value is -1.59. The van der Waals surface area contributed by atoms with Gasteiger partial charge in [0, 0.05) is 6.54 Å². The van der Waals surface area contributed by atoms with Gasteiger partial charge in [0.2, 0.25) is 0 Å². The van der Waals surface area contributed by atoms with Gasteiger partial charge in [-0.15, -0.1) is 0 Å². The van der Waals surface area contributed by atoms with Crippen molar-refractivity contribution in [1.29, 1.82) is 0 Å². The Kier molecular flexibility index (Phi) is 6.02. The molecule has 0 aromatic heterocycles. The number of carbonyl (C=O) groups is 1. The molecule has 0 aliphatic carbocycles. The average Bonchev–Trinajstić information content (AvgIpc) is 2.84. The minimum absolute atomic E-state index is 0.0849. The molecule has 2 N–H and O–H groups in total. The van der Waals surface area contributed by atoms with Gasteiger partial charge in [-0.25, -0.2) is 4.79 Å². The van der Waals surface area contributed by atoms with Crippen molar-refractivity contribution in [1.82, 2.24) is 10.2 Å². The van der Waals surface area contributed by atoms with Gasteiger partial charge in [0.25, 0.3) is 0 Å². The smallest absolute Gasteiger partial charge is 0.410 e. The maximum absolute atomic E-state index is 12.0. The van der Waals surface area contributed by atoms with E-state index < -0.39 is 11.7 Å². The van der Waals surface area contributed by atoms with Gasteiger partial charge in [0.15, 0.2) is 0 Å². The maximum atomic E-state index is 12.0. The summed E-state index contributed by atoms with van der Waals surface area (Å²) in [5.41, 5.74) is 0.806. The van der Waals surface area contributed by atoms with Crippen molar-refractivity contribution in [2.45, 2.75) is 51.4 Å². The number of nitrogens with zero attached hydrogens (tertiary/aromatic N) is 1. The molecule has 0 unspecified atom stereocenters. The third-order valence-electron chi connectivity index (χ3n) is 3.83. The Labute approximate surface area is 138 Å². The molecule has 2 rings (SSSR count). The van der Waals surface area contributed by atoms with E-state index in [0.29, 0.717) is 13.1 Å². The topological polar surface area (TPSA) is 61.8 Å². The summed E-state index contributed by atoms with van der Waals surface area (Å²) < 4.78 is 5.35. The van der Waals surface area contributed by atoms with Crippen LogP contribution in [-0.4, -0.2) is 53.5 Å². The van der Waals surface area contributed by atoms with Gasteiger partial charge in [-0.05, 0) is 45.7 Å². The zero-order valence-electron chi connectivity index (χ0n) is 14.3. The summed E-state index contributed by atoms with van der Waals surface area (Å²) in [5.74, 6) is 0. The number of β-amino-alcohol motifs (C(OH)–C–C–N with tert-alkyl or cyclic N) is 1. The highest BCUT2D eigenvalue weighted by molar-refractivity contribution is 5.68. The predicted octanol–water partition coefficient (Wildman–Crippen LogP) is 2.19. The molecule has 0 bridgehead atoms. The number of likely N-dealkylation sites (tertiary alicyclic amines) is 1. The lowest BCUT2D eigenvalue weighted by atomic mass is 10.1. The largest absolute Gasteiger partial charge is 0.444 e. The van der Waals surface area contributed by atoms with Crippen LogP contribution in [0.15, 0.2) is 30.3 Å². The van der Waals surface area contributed by atoms with E-state index in [2.05, 4.69) is 17.4 Å². The molecule has 5 nitrogen and oxygen atoms in total. The average molecular weight is 320 g/mol. The van der Waals surface area contributed by atoms with Crippen molar-refractivity contribution in [2.75, 3.05) is 19.6 Å². The van der Waals surface area contributed by atoms with Crippen LogP contribution in [0.1, 0.15) is 32.8 Å². The highest BCUT2D eigenvalue weighted by atomic mass is 16.6. The van der Waals surface area contributed by atoms with Gasteiger partial charge >= 0.3 is 6.09 Å². The molecule has 1 fully saturated rings. The molecule has 1 heterocycles. The Morgan fingerprint density at radius 2 is 2.00 bits per heavy atom. The molecular formula is C18H28N2O3. The number of benzene rings is 1. The summed E-state index contributed by atoms with van der Waals surface area (Å²) in [4.78, 5) is 13.6. The quantitative estimate of drug-likeness (QED) is 0.817. The van der Waals surface area contributed by atoms with E-state index in [-0.39, 0.29) is 12.1 Å². The van der Waals surface area contributed by atoms with E-state index in [1.54, 1.807) is 4.90 Å². The number of aliphatic hydroxyl groups is 1. The number of nitrogens with one attached hydrogen (secondary N) is 1. The molecule has 128 valence electrons. The molecular weight excluding hydrogens is 292 g/mol. The summed E-state index contributed by atoms with van der Waals surface area (Å²) in [6.45, 7) is 7.16. The van der Waals surface area contributed by atoms with Crippen LogP contribution >= 0.6 is 0 Å². The van der Waals surface area contributed by atoms with Crippen molar-refractivity contribution in [3.8, 4) is 0 Å². The minimum Gasteiger partial charge on any atom is -0.444 e. The second-order valence-corrected chi connectivity index (χ2v) is 7.10. The number of rotatable bonds is 5. The molecule has 1 amide bonds. The Morgan fingerprint density at radius 1 is 1.30 bits per heavy atom. The molecule has 5 heteroatoms. The van der Waals surface area contributed by atoms with E-state index >= 15 is 0 Å². The highest BCUT2D eigenvalue weighted by Gasteiger charge is 2.35. The first-order valence-corrected chi connectivity index (χ1v) is 8.28. The molecule has 1 aliphatic heterocycles. The lowest BCUT2D eigenvalue weighted by Gasteiger charge is -2.24. The van der Waals surface area contributed by atoms with Crippen LogP contribution in [0.25, 0.3) is 0 Å². The van der Waals surface area contributed by atoms with Crippen molar-refractivity contribution in [2.24, 2.45) is 0 Å². The first-order valence-electron chi connectivity index (χ1n) is 8.28. The summed E-state index contributed by atoms with van der Waals surface area (Å²) >= 11 is 0. The Morgan fingerprint density at radius 3 is 2.65 bits per heavy atom. The molecule has 1 aliphatic rings. The van der Waals surface area contributed by atoms with E-state index in [0.717, 1.165) is 19.4 Å². The first-order chi connectivity index (χ1) is 10.8. The Bertz CT molecular complexity index is 499. The van der Waals surface area contributed by atoms with E-state index in [1.807, 2.05) is 39.0 Å². The molecule has 1 saturated heterocycles. The van der Waals surface area contributed by atoms with Crippen molar-refractivity contribution < 1.29 is 14.6 Å². The fourth-order valence-corrected chi connectivity index (χ4v) is 2.69. The summed E-state index contributed by atoms with van der Waals surface area (Å²) in [5, 5.41) is 13.5. The zero-order valence-corrected chi connectivity index (χ0v) is 14.3. The number of aryl methyl sites for hydroxylation is 1. The lowest BCUT2D eigenvalue weighted by molar-refractivity contribution is 0.0270. The fraction of sp³-hybridized carbons (Fsp3) is 0.611. The monoisotopic (exact) mass is 320 g/mol. The summed E-state index contributed by atoms with van der Waals surface area (Å²) in [6.07, 6.45) is 1.11. The number of aliphatic hydroxyl groups excluding tert-OH is 1. The zero-order chi connectivity index (χ0) is 16.9. The minimum atomic E-state index is -0.542. The second kappa shape index (κ2) is 7.79. The molecule has 2 atom stereocenters. The van der Waals surface area contributed by atoms with Gasteiger partial charge in [0.05, 0.1) is 18.7 Å². The second-order valence-electron chi connectivity index (χ2n) is 7.10. The van der Waals surface area contributed by atoms with Gasteiger partial charge < -0.3 is 20.1 Å². The number of amides is 1. The van der Waals surface area contributed by atoms with Crippen LogP contribution in [-0.2, 0) is 11.2 Å². The van der Waals surface area contributed by atoms with Crippen molar-refractivity contribution >= 4 is 6.09 Å². The lowest BCUT2D eigenvalue weighted by Crippen LogP contribution is -2.40. The summed E-state index contributed by atoms with van der Waals surface area (Å²) in [6, 6.07) is 10.3. The molecule has 0 spiro atoms. The van der Waals surface area contributed by atoms with E-state index in [1.165, 1.54) is 5.56 Å². The van der Waals surface area contributed by atoms with Crippen LogP contribution in [0.2, 0.25) is 0 Å². The SMILES string of the molecule is CC(C)(C)OC(=O)N1C[C@@H](O)[C@H](NCCCc2ccccc2)C1. The molecule has 0 radical (unpaired) electrons. The third-order valence-corrected chi connectivity index (χ3v) is 3.83. The molecule has 1 aromatic rings. The number of hydrogen-bond donors (Lipinski definition) is 2. The number of hydrogen-bond acceptors (Lipinski definition) is 4. The number of carbonyl (C=O) groups excluding carboxylic acids is 1. The predicted molar refractivity (Wildman–Crippen MR) is 90.4 cm³/mol. The standard InChI is InChI=1S/C18H28N2O3/c1-18(2,3)23-17(22)20-12-15(16(21)13-20)19-11-7-10-14-8-5-4-6-9-14/h4-6,8-9,15-16,19,21H,7,10-13H2,1-3H3/t15-,16-/m1/s1. The van der Waals surface area contributed by atoms with Crippen LogP contribution in [0.5, 0.6) is 0 Å². The van der Waals surface area contributed by atoms with Crippen LogP contribution in [0, 0.1) is 0 Å². The molecule has 23 heavy (non-hydrogen) atoms. The normalized spacial score (nSPS) is 21.5. The van der Waals surface area contributed by atoms with E-state index in [9.17, 15) is 9.90 Å². The van der Waals surface area contributed by atoms with Gasteiger partial charge in [-0.1, -0.05) is 30.3 Å². The number of ether oxygens (including phenoxy) is 1. The molecule has 0 saturated carbocycles. The summed E-state index contributed by atoms with van der Waals surface area (Å²) in [7, 11) is 0. The van der Waals surface area contributed by atoms with Crippen molar-refractivity contribution in [3.05, 3.63) is 35.9 Å². The maximum Gasteiger partial charge on any atom is 0.410 e. The molecule has 1 aromatic carbocycles. The fourth-order valence-electron chi connectivity index (χ4n) is 2.69.